The van der Waals surface area contributed by atoms with Gasteiger partial charge in [0.2, 0.25) is 0 Å². The largest absolute Gasteiger partial charge is 0.321 e. The van der Waals surface area contributed by atoms with Gasteiger partial charge >= 0.3 is 0 Å². The highest BCUT2D eigenvalue weighted by molar-refractivity contribution is 7.93. The molecule has 0 atom stereocenters. The van der Waals surface area contributed by atoms with Gasteiger partial charge in [0.25, 0.3) is 15.9 Å². The molecule has 0 unspecified atom stereocenters. The highest BCUT2D eigenvalue weighted by atomic mass is 32.2. The zero-order valence-electron chi connectivity index (χ0n) is 17.3. The van der Waals surface area contributed by atoms with Crippen molar-refractivity contribution in [2.45, 2.75) is 31.6 Å². The second-order valence-corrected chi connectivity index (χ2v) is 9.25. The fraction of sp³-hybridized carbons (Fsp3) is 0.208. The van der Waals surface area contributed by atoms with Gasteiger partial charge in [-0.25, -0.2) is 8.42 Å². The molecule has 0 aromatic heterocycles. The van der Waals surface area contributed by atoms with Gasteiger partial charge in [-0.2, -0.15) is 0 Å². The van der Waals surface area contributed by atoms with Crippen LogP contribution in [-0.4, -0.2) is 21.4 Å². The van der Waals surface area contributed by atoms with Crippen molar-refractivity contribution in [3.8, 4) is 11.1 Å². The number of amides is 1. The number of carbonyl (C=O) groups is 1. The third-order valence-electron chi connectivity index (χ3n) is 5.65. The first-order valence-corrected chi connectivity index (χ1v) is 11.5. The van der Waals surface area contributed by atoms with Crippen molar-refractivity contribution in [1.82, 2.24) is 0 Å². The number of rotatable bonds is 4. The summed E-state index contributed by atoms with van der Waals surface area (Å²) in [6, 6.07) is 18.1. The van der Waals surface area contributed by atoms with Crippen LogP contribution in [0.15, 0.2) is 65.6 Å². The first-order chi connectivity index (χ1) is 14.4. The molecule has 1 N–H and O–H groups in total. The smallest absolute Gasteiger partial charge is 0.264 e. The number of benzene rings is 3. The Bertz CT molecular complexity index is 1230. The molecule has 30 heavy (non-hydrogen) atoms. The molecule has 5 nitrogen and oxygen atoms in total. The highest BCUT2D eigenvalue weighted by Gasteiger charge is 2.32. The van der Waals surface area contributed by atoms with Crippen molar-refractivity contribution in [1.29, 1.82) is 0 Å². The van der Waals surface area contributed by atoms with Crippen LogP contribution in [0.25, 0.3) is 11.1 Å². The number of sulfonamides is 1. The summed E-state index contributed by atoms with van der Waals surface area (Å²) in [6.07, 6.45) is 1.65. The average molecular weight is 421 g/mol. The lowest BCUT2D eigenvalue weighted by Gasteiger charge is -2.29. The number of fused-ring (bicyclic) bond motifs is 3. The van der Waals surface area contributed by atoms with E-state index < -0.39 is 10.0 Å². The number of para-hydroxylation sites is 1. The Hall–Kier alpha value is -3.12. The number of anilines is 2. The van der Waals surface area contributed by atoms with Crippen molar-refractivity contribution in [3.63, 3.8) is 0 Å². The molecule has 0 radical (unpaired) electrons. The van der Waals surface area contributed by atoms with Crippen LogP contribution in [0.2, 0.25) is 0 Å². The van der Waals surface area contributed by atoms with Gasteiger partial charge in [0, 0.05) is 29.4 Å². The first kappa shape index (κ1) is 20.2. The molecule has 0 fully saturated rings. The first-order valence-electron chi connectivity index (χ1n) is 10.0. The molecule has 0 saturated heterocycles. The van der Waals surface area contributed by atoms with Gasteiger partial charge in [-0.05, 0) is 48.2 Å². The minimum Gasteiger partial charge on any atom is -0.321 e. The fourth-order valence-corrected chi connectivity index (χ4v) is 5.37. The predicted octanol–water partition coefficient (Wildman–Crippen LogP) is 4.87. The minimum atomic E-state index is -3.60. The number of nitrogens with zero attached hydrogens (tertiary/aromatic N) is 1. The summed E-state index contributed by atoms with van der Waals surface area (Å²) in [5.74, 6) is -0.207. The molecule has 0 bridgehead atoms. The topological polar surface area (TPSA) is 66.5 Å². The van der Waals surface area contributed by atoms with Crippen LogP contribution < -0.4 is 9.62 Å². The third-order valence-corrected chi connectivity index (χ3v) is 7.48. The van der Waals surface area contributed by atoms with Crippen molar-refractivity contribution < 1.29 is 13.2 Å². The van der Waals surface area contributed by atoms with Crippen molar-refractivity contribution in [3.05, 3.63) is 77.4 Å². The maximum Gasteiger partial charge on any atom is 0.264 e. The fourth-order valence-electron chi connectivity index (χ4n) is 3.95. The van der Waals surface area contributed by atoms with E-state index in [1.165, 1.54) is 11.4 Å². The predicted molar refractivity (Wildman–Crippen MR) is 121 cm³/mol. The molecule has 154 valence electrons. The Kier molecular flexibility index (Phi) is 5.12. The maximum absolute atomic E-state index is 13.1. The Labute approximate surface area is 177 Å². The van der Waals surface area contributed by atoms with Gasteiger partial charge in [-0.3, -0.25) is 9.10 Å². The molecule has 3 aromatic carbocycles. The van der Waals surface area contributed by atoms with Gasteiger partial charge < -0.3 is 5.32 Å². The Morgan fingerprint density at radius 1 is 0.900 bits per heavy atom. The highest BCUT2D eigenvalue weighted by Crippen LogP contribution is 2.42. The van der Waals surface area contributed by atoms with Crippen LogP contribution in [0, 0.1) is 0 Å². The number of carbonyl (C=O) groups excluding carboxylic acids is 1. The quantitative estimate of drug-likeness (QED) is 0.655. The number of hydrogen-bond donors (Lipinski definition) is 1. The standard InChI is InChI=1S/C24H24N2O3S/c1-4-16-9-8-10-17(5-2)23(16)25-24(27)18-13-14-21-20(15-18)19-11-6-7-12-22(19)30(28,29)26(21)3/h6-15H,4-5H2,1-3H3,(H,25,27). The summed E-state index contributed by atoms with van der Waals surface area (Å²) < 4.78 is 26.9. The summed E-state index contributed by atoms with van der Waals surface area (Å²) in [5.41, 5.74) is 5.45. The molecule has 0 saturated carbocycles. The van der Waals surface area contributed by atoms with Crippen LogP contribution in [0.4, 0.5) is 11.4 Å². The van der Waals surface area contributed by atoms with E-state index in [1.54, 1.807) is 42.5 Å². The molecular weight excluding hydrogens is 396 g/mol. The van der Waals surface area contributed by atoms with Crippen LogP contribution in [0.3, 0.4) is 0 Å². The summed E-state index contributed by atoms with van der Waals surface area (Å²) >= 11 is 0. The van der Waals surface area contributed by atoms with E-state index in [4.69, 9.17) is 0 Å². The third kappa shape index (κ3) is 3.17. The second kappa shape index (κ2) is 7.61. The van der Waals surface area contributed by atoms with Crippen LogP contribution in [0.1, 0.15) is 35.3 Å². The molecule has 3 aromatic rings. The lowest BCUT2D eigenvalue weighted by atomic mass is 9.99. The molecule has 0 spiro atoms. The molecule has 1 amide bonds. The monoisotopic (exact) mass is 420 g/mol. The Morgan fingerprint density at radius 2 is 1.57 bits per heavy atom. The summed E-state index contributed by atoms with van der Waals surface area (Å²) in [7, 11) is -2.06. The van der Waals surface area contributed by atoms with Gasteiger partial charge in [0.15, 0.2) is 0 Å². The zero-order chi connectivity index (χ0) is 21.5. The average Bonchev–Trinajstić information content (AvgIpc) is 2.77. The van der Waals surface area contributed by atoms with E-state index >= 15 is 0 Å². The van der Waals surface area contributed by atoms with Gasteiger partial charge in [0.05, 0.1) is 10.6 Å². The van der Waals surface area contributed by atoms with Crippen LogP contribution in [-0.2, 0) is 22.9 Å². The number of nitrogens with one attached hydrogen (secondary N) is 1. The SMILES string of the molecule is CCc1cccc(CC)c1NC(=O)c1ccc2c(c1)-c1ccccc1S(=O)(=O)N2C. The summed E-state index contributed by atoms with van der Waals surface area (Å²) in [4.78, 5) is 13.4. The molecule has 1 aliphatic heterocycles. The molecule has 0 aliphatic carbocycles. The number of hydrogen-bond acceptors (Lipinski definition) is 3. The second-order valence-electron chi connectivity index (χ2n) is 7.31. The van der Waals surface area contributed by atoms with Crippen molar-refractivity contribution in [2.75, 3.05) is 16.7 Å². The maximum atomic E-state index is 13.1. The van der Waals surface area contributed by atoms with Crippen LogP contribution >= 0.6 is 0 Å². The lowest BCUT2D eigenvalue weighted by molar-refractivity contribution is 0.102. The van der Waals surface area contributed by atoms with Gasteiger partial charge in [0.1, 0.15) is 0 Å². The van der Waals surface area contributed by atoms with E-state index in [1.807, 2.05) is 18.2 Å². The molecular formula is C24H24N2O3S. The molecule has 1 heterocycles. The van der Waals surface area contributed by atoms with E-state index in [0.717, 1.165) is 35.2 Å². The Morgan fingerprint density at radius 3 is 2.23 bits per heavy atom. The van der Waals surface area contributed by atoms with Gasteiger partial charge in [-0.1, -0.05) is 50.2 Å². The normalized spacial score (nSPS) is 14.0. The van der Waals surface area contributed by atoms with E-state index in [2.05, 4.69) is 19.2 Å². The van der Waals surface area contributed by atoms with E-state index in [9.17, 15) is 13.2 Å². The molecule has 4 rings (SSSR count). The minimum absolute atomic E-state index is 0.207. The van der Waals surface area contributed by atoms with Gasteiger partial charge in [-0.15, -0.1) is 0 Å². The lowest BCUT2D eigenvalue weighted by Crippen LogP contribution is -2.30. The summed E-state index contributed by atoms with van der Waals surface area (Å²) in [6.45, 7) is 4.13. The molecule has 6 heteroatoms. The zero-order valence-corrected chi connectivity index (χ0v) is 18.1. The van der Waals surface area contributed by atoms with Crippen molar-refractivity contribution >= 4 is 27.3 Å². The number of aryl methyl sites for hydroxylation is 2. The molecule has 1 aliphatic rings. The Balaban J connectivity index is 1.78. The van der Waals surface area contributed by atoms with E-state index in [-0.39, 0.29) is 10.8 Å². The summed E-state index contributed by atoms with van der Waals surface area (Å²) in [5, 5.41) is 3.08. The van der Waals surface area contributed by atoms with Crippen LogP contribution in [0.5, 0.6) is 0 Å². The van der Waals surface area contributed by atoms with Crippen molar-refractivity contribution in [2.24, 2.45) is 0 Å². The van der Waals surface area contributed by atoms with E-state index in [0.29, 0.717) is 16.8 Å².